The molecule has 0 saturated heterocycles. The lowest BCUT2D eigenvalue weighted by atomic mass is 9.93. The van der Waals surface area contributed by atoms with Crippen LogP contribution >= 0.6 is 0 Å². The number of hydrogen-bond donors (Lipinski definition) is 2. The molecule has 2 N–H and O–H groups in total. The van der Waals surface area contributed by atoms with E-state index in [9.17, 15) is 14.7 Å². The van der Waals surface area contributed by atoms with Crippen molar-refractivity contribution < 1.29 is 24.2 Å². The summed E-state index contributed by atoms with van der Waals surface area (Å²) < 4.78 is 11.6. The first-order valence-corrected chi connectivity index (χ1v) is 13.2. The van der Waals surface area contributed by atoms with Crippen LogP contribution in [0.1, 0.15) is 55.5 Å². The van der Waals surface area contributed by atoms with Gasteiger partial charge in [-0.3, -0.25) is 4.79 Å². The Labute approximate surface area is 224 Å². The fourth-order valence-corrected chi connectivity index (χ4v) is 4.87. The Morgan fingerprint density at radius 3 is 2.87 bits per heavy atom. The Balaban J connectivity index is 1.59. The molecule has 9 nitrogen and oxygen atoms in total. The van der Waals surface area contributed by atoms with Crippen molar-refractivity contribution in [2.24, 2.45) is 5.92 Å². The normalized spacial score (nSPS) is 20.3. The van der Waals surface area contributed by atoms with Gasteiger partial charge in [-0.1, -0.05) is 19.1 Å². The van der Waals surface area contributed by atoms with Crippen molar-refractivity contribution in [3.05, 3.63) is 53.7 Å². The highest BCUT2D eigenvalue weighted by atomic mass is 16.5. The number of pyridine rings is 1. The van der Waals surface area contributed by atoms with E-state index in [1.54, 1.807) is 42.3 Å². The number of hydrogen-bond acceptors (Lipinski definition) is 6. The minimum atomic E-state index is -0.427. The van der Waals surface area contributed by atoms with Crippen molar-refractivity contribution in [3.8, 4) is 11.6 Å². The quantitative estimate of drug-likeness (QED) is 0.558. The van der Waals surface area contributed by atoms with Crippen LogP contribution in [-0.4, -0.2) is 77.8 Å². The van der Waals surface area contributed by atoms with E-state index in [2.05, 4.69) is 16.4 Å². The maximum atomic E-state index is 13.7. The molecule has 3 amide bonds. The number of aliphatic hydroxyl groups excluding tert-OH is 1. The smallest absolute Gasteiger partial charge is 0.321 e. The number of nitrogens with one attached hydrogen (secondary N) is 1. The van der Waals surface area contributed by atoms with Crippen molar-refractivity contribution in [1.29, 1.82) is 0 Å². The minimum Gasteiger partial charge on any atom is -0.497 e. The third-order valence-electron chi connectivity index (χ3n) is 7.30. The first-order valence-electron chi connectivity index (χ1n) is 13.2. The summed E-state index contributed by atoms with van der Waals surface area (Å²) in [6.07, 6.45) is 7.83. The topological polar surface area (TPSA) is 104 Å². The summed E-state index contributed by atoms with van der Waals surface area (Å²) in [4.78, 5) is 34.5. The zero-order valence-corrected chi connectivity index (χ0v) is 22.6. The third kappa shape index (κ3) is 6.27. The van der Waals surface area contributed by atoms with Crippen molar-refractivity contribution in [2.45, 2.75) is 51.7 Å². The SMILES string of the molecule is COc1cccc(NC(=O)N(C)C[C@@H]2Oc3ncc(C4=CCCCC4)cc3C(=O)N([C@H](C)CO)C[C@@H]2C)c1. The van der Waals surface area contributed by atoms with E-state index < -0.39 is 6.10 Å². The molecule has 2 heterocycles. The molecule has 9 heteroatoms. The molecule has 1 aliphatic carbocycles. The lowest BCUT2D eigenvalue weighted by molar-refractivity contribution is 0.0356. The van der Waals surface area contributed by atoms with E-state index in [1.165, 1.54) is 12.0 Å². The number of fused-ring (bicyclic) bond motifs is 1. The van der Waals surface area contributed by atoms with E-state index in [0.29, 0.717) is 23.5 Å². The highest BCUT2D eigenvalue weighted by Crippen LogP contribution is 2.32. The van der Waals surface area contributed by atoms with Crippen LogP contribution < -0.4 is 14.8 Å². The number of aromatic nitrogens is 1. The molecule has 1 aliphatic heterocycles. The summed E-state index contributed by atoms with van der Waals surface area (Å²) in [5.74, 6) is 0.567. The molecule has 1 aromatic carbocycles. The molecule has 3 atom stereocenters. The second kappa shape index (κ2) is 12.3. The Morgan fingerprint density at radius 2 is 2.16 bits per heavy atom. The fourth-order valence-electron chi connectivity index (χ4n) is 4.87. The lowest BCUT2D eigenvalue weighted by Crippen LogP contribution is -2.50. The van der Waals surface area contributed by atoms with E-state index >= 15 is 0 Å². The predicted octanol–water partition coefficient (Wildman–Crippen LogP) is 4.43. The molecule has 0 radical (unpaired) electrons. The fraction of sp³-hybridized carbons (Fsp3) is 0.483. The number of likely N-dealkylation sites (N-methyl/N-ethyl adjacent to an activating group) is 1. The van der Waals surface area contributed by atoms with Crippen molar-refractivity contribution in [2.75, 3.05) is 39.2 Å². The molecule has 0 unspecified atom stereocenters. The van der Waals surface area contributed by atoms with Crippen LogP contribution in [-0.2, 0) is 0 Å². The van der Waals surface area contributed by atoms with Gasteiger partial charge in [0.1, 0.15) is 17.4 Å². The summed E-state index contributed by atoms with van der Waals surface area (Å²) in [6, 6.07) is 8.37. The first kappa shape index (κ1) is 27.4. The van der Waals surface area contributed by atoms with E-state index in [0.717, 1.165) is 24.8 Å². The van der Waals surface area contributed by atoms with Crippen LogP contribution in [0.25, 0.3) is 5.57 Å². The summed E-state index contributed by atoms with van der Waals surface area (Å²) in [5, 5.41) is 12.8. The van der Waals surface area contributed by atoms with Gasteiger partial charge in [0.25, 0.3) is 5.91 Å². The molecule has 204 valence electrons. The first-order chi connectivity index (χ1) is 18.3. The van der Waals surface area contributed by atoms with Crippen LogP contribution in [0.4, 0.5) is 10.5 Å². The predicted molar refractivity (Wildman–Crippen MR) is 146 cm³/mol. The Morgan fingerprint density at radius 1 is 1.34 bits per heavy atom. The van der Waals surface area contributed by atoms with Crippen LogP contribution in [0.15, 0.2) is 42.6 Å². The minimum absolute atomic E-state index is 0.129. The molecule has 0 saturated carbocycles. The van der Waals surface area contributed by atoms with Gasteiger partial charge in [0.05, 0.1) is 26.3 Å². The Bertz CT molecular complexity index is 1180. The molecule has 0 fully saturated rings. The molecule has 0 bridgehead atoms. The molecule has 1 aromatic heterocycles. The van der Waals surface area contributed by atoms with Gasteiger partial charge >= 0.3 is 6.03 Å². The number of ether oxygens (including phenoxy) is 2. The maximum absolute atomic E-state index is 13.7. The van der Waals surface area contributed by atoms with Gasteiger partial charge in [0.15, 0.2) is 0 Å². The van der Waals surface area contributed by atoms with Crippen molar-refractivity contribution in [1.82, 2.24) is 14.8 Å². The average Bonchev–Trinajstić information content (AvgIpc) is 2.94. The molecule has 0 spiro atoms. The van der Waals surface area contributed by atoms with Crippen LogP contribution in [0.3, 0.4) is 0 Å². The van der Waals surface area contributed by atoms with E-state index in [4.69, 9.17) is 9.47 Å². The summed E-state index contributed by atoms with van der Waals surface area (Å²) >= 11 is 0. The van der Waals surface area contributed by atoms with Gasteiger partial charge in [0.2, 0.25) is 5.88 Å². The van der Waals surface area contributed by atoms with Gasteiger partial charge < -0.3 is 29.7 Å². The van der Waals surface area contributed by atoms with Gasteiger partial charge in [0, 0.05) is 37.5 Å². The molecule has 38 heavy (non-hydrogen) atoms. The number of urea groups is 1. The number of carbonyl (C=O) groups is 2. The number of nitrogens with zero attached hydrogens (tertiary/aromatic N) is 3. The summed E-state index contributed by atoms with van der Waals surface area (Å²) in [5.41, 5.74) is 3.13. The monoisotopic (exact) mass is 522 g/mol. The summed E-state index contributed by atoms with van der Waals surface area (Å²) in [6.45, 7) is 4.31. The highest BCUT2D eigenvalue weighted by Gasteiger charge is 2.35. The largest absolute Gasteiger partial charge is 0.497 e. The Hall–Kier alpha value is -3.59. The van der Waals surface area contributed by atoms with Crippen LogP contribution in [0, 0.1) is 5.92 Å². The Kier molecular flexibility index (Phi) is 8.89. The average molecular weight is 523 g/mol. The second-order valence-corrected chi connectivity index (χ2v) is 10.2. The number of carbonyl (C=O) groups excluding carboxylic acids is 2. The second-order valence-electron chi connectivity index (χ2n) is 10.2. The highest BCUT2D eigenvalue weighted by molar-refractivity contribution is 5.97. The zero-order valence-electron chi connectivity index (χ0n) is 22.6. The van der Waals surface area contributed by atoms with E-state index in [-0.39, 0.29) is 42.9 Å². The van der Waals surface area contributed by atoms with Crippen LogP contribution in [0.2, 0.25) is 0 Å². The molecular weight excluding hydrogens is 484 g/mol. The molecule has 4 rings (SSSR count). The summed E-state index contributed by atoms with van der Waals surface area (Å²) in [7, 11) is 3.28. The number of amides is 3. The molecule has 2 aromatic rings. The standard InChI is InChI=1S/C29H38N4O5/c1-19-16-33(20(2)18-34)28(35)25-13-22(21-9-6-5-7-10-21)15-30-27(25)38-26(19)17-32(3)29(36)31-23-11-8-12-24(14-23)37-4/h8-9,11-15,19-20,26,34H,5-7,10,16-18H2,1-4H3,(H,31,36)/t19-,20+,26-/m0/s1. The number of benzene rings is 1. The lowest BCUT2D eigenvalue weighted by Gasteiger charge is -2.37. The van der Waals surface area contributed by atoms with Crippen molar-refractivity contribution in [3.63, 3.8) is 0 Å². The van der Waals surface area contributed by atoms with Gasteiger partial charge in [-0.25, -0.2) is 9.78 Å². The van der Waals surface area contributed by atoms with Gasteiger partial charge in [-0.05, 0) is 61.9 Å². The molecule has 2 aliphatic rings. The van der Waals surface area contributed by atoms with Crippen molar-refractivity contribution >= 4 is 23.2 Å². The van der Waals surface area contributed by atoms with Gasteiger partial charge in [-0.2, -0.15) is 0 Å². The maximum Gasteiger partial charge on any atom is 0.321 e. The van der Waals surface area contributed by atoms with Crippen LogP contribution in [0.5, 0.6) is 11.6 Å². The number of aliphatic hydroxyl groups is 1. The zero-order chi connectivity index (χ0) is 27.2. The number of methoxy groups -OCH3 is 1. The van der Waals surface area contributed by atoms with Gasteiger partial charge in [-0.15, -0.1) is 0 Å². The number of allylic oxidation sites excluding steroid dienone is 2. The third-order valence-corrected chi connectivity index (χ3v) is 7.30. The number of anilines is 1. The number of rotatable bonds is 7. The van der Waals surface area contributed by atoms with E-state index in [1.807, 2.05) is 32.0 Å². The molecular formula is C29H38N4O5.